The van der Waals surface area contributed by atoms with Crippen LogP contribution in [0.25, 0.3) is 16.1 Å². The van der Waals surface area contributed by atoms with Gasteiger partial charge in [-0.15, -0.1) is 10.2 Å². The third kappa shape index (κ3) is 5.06. The lowest BCUT2D eigenvalue weighted by atomic mass is 9.97. The normalized spacial score (nSPS) is 19.6. The van der Waals surface area contributed by atoms with E-state index in [-0.39, 0.29) is 24.2 Å². The summed E-state index contributed by atoms with van der Waals surface area (Å²) in [5, 5.41) is 23.6. The SMILES string of the molecule is CC(C)OC1CC=C(c2nnc(-c3cccc4c3CC[C@@H]4NCC(=O)N(C)C)s2)C=C1C#N. The fourth-order valence-corrected chi connectivity index (χ4v) is 5.18. The first-order valence-electron chi connectivity index (χ1n) is 11.2. The molecule has 0 aliphatic heterocycles. The Labute approximate surface area is 198 Å². The molecule has 1 unspecified atom stereocenters. The van der Waals surface area contributed by atoms with Gasteiger partial charge in [0.25, 0.3) is 0 Å². The summed E-state index contributed by atoms with van der Waals surface area (Å²) in [6.07, 6.45) is 6.36. The number of allylic oxidation sites excluding steroid dienone is 2. The number of carbonyl (C=O) groups excluding carboxylic acids is 1. The third-order valence-electron chi connectivity index (χ3n) is 5.95. The predicted molar refractivity (Wildman–Crippen MR) is 129 cm³/mol. The maximum absolute atomic E-state index is 12.0. The zero-order valence-electron chi connectivity index (χ0n) is 19.5. The molecule has 1 aromatic heterocycles. The van der Waals surface area contributed by atoms with Crippen molar-refractivity contribution < 1.29 is 9.53 Å². The number of amides is 1. The van der Waals surface area contributed by atoms with Crippen molar-refractivity contribution in [3.63, 3.8) is 0 Å². The van der Waals surface area contributed by atoms with Crippen molar-refractivity contribution in [3.8, 4) is 16.6 Å². The van der Waals surface area contributed by atoms with Gasteiger partial charge in [0.05, 0.1) is 30.4 Å². The molecule has 0 bridgehead atoms. The first kappa shape index (κ1) is 23.3. The number of nitrogens with zero attached hydrogens (tertiary/aromatic N) is 4. The highest BCUT2D eigenvalue weighted by Gasteiger charge is 2.27. The van der Waals surface area contributed by atoms with E-state index >= 15 is 0 Å². The summed E-state index contributed by atoms with van der Waals surface area (Å²) in [6.45, 7) is 4.28. The molecule has 4 rings (SSSR count). The Morgan fingerprint density at radius 3 is 2.85 bits per heavy atom. The van der Waals surface area contributed by atoms with Gasteiger partial charge in [-0.3, -0.25) is 4.79 Å². The summed E-state index contributed by atoms with van der Waals surface area (Å²) in [4.78, 5) is 13.6. The molecule has 1 N–H and O–H groups in total. The maximum atomic E-state index is 12.0. The van der Waals surface area contributed by atoms with Gasteiger partial charge in [-0.25, -0.2) is 0 Å². The average Bonchev–Trinajstić information content (AvgIpc) is 3.44. The van der Waals surface area contributed by atoms with E-state index in [9.17, 15) is 10.1 Å². The molecule has 1 aromatic carbocycles. The molecule has 2 atom stereocenters. The number of nitrogens with one attached hydrogen (secondary N) is 1. The van der Waals surface area contributed by atoms with Crippen molar-refractivity contribution in [2.75, 3.05) is 20.6 Å². The molecule has 1 amide bonds. The molecule has 0 saturated heterocycles. The Hall–Kier alpha value is -2.86. The van der Waals surface area contributed by atoms with Gasteiger partial charge in [0.1, 0.15) is 10.0 Å². The van der Waals surface area contributed by atoms with Crippen LogP contribution in [0.5, 0.6) is 0 Å². The molecule has 2 aliphatic rings. The predicted octanol–water partition coefficient (Wildman–Crippen LogP) is 3.90. The summed E-state index contributed by atoms with van der Waals surface area (Å²) in [7, 11) is 3.54. The molecule has 0 fully saturated rings. The molecule has 172 valence electrons. The number of benzene rings is 1. The molecule has 0 saturated carbocycles. The summed E-state index contributed by atoms with van der Waals surface area (Å²) in [6, 6.07) is 8.71. The molecule has 2 aromatic rings. The van der Waals surface area contributed by atoms with Gasteiger partial charge in [0, 0.05) is 31.3 Å². The summed E-state index contributed by atoms with van der Waals surface area (Å²) in [5.74, 6) is 0.0694. The van der Waals surface area contributed by atoms with Gasteiger partial charge < -0.3 is 15.0 Å². The summed E-state index contributed by atoms with van der Waals surface area (Å²) < 4.78 is 5.86. The number of rotatable bonds is 7. The Bertz CT molecular complexity index is 1140. The van der Waals surface area contributed by atoms with Gasteiger partial charge in [-0.1, -0.05) is 35.6 Å². The van der Waals surface area contributed by atoms with Crippen molar-refractivity contribution >= 4 is 22.8 Å². The zero-order chi connectivity index (χ0) is 23.5. The quantitative estimate of drug-likeness (QED) is 0.670. The van der Waals surface area contributed by atoms with Crippen LogP contribution in [0.2, 0.25) is 0 Å². The zero-order valence-corrected chi connectivity index (χ0v) is 20.3. The Morgan fingerprint density at radius 1 is 1.33 bits per heavy atom. The van der Waals surface area contributed by atoms with Crippen LogP contribution in [0.3, 0.4) is 0 Å². The van der Waals surface area contributed by atoms with E-state index in [1.165, 1.54) is 11.1 Å². The smallest absolute Gasteiger partial charge is 0.236 e. The minimum absolute atomic E-state index is 0.0642. The Morgan fingerprint density at radius 2 is 2.12 bits per heavy atom. The summed E-state index contributed by atoms with van der Waals surface area (Å²) >= 11 is 1.54. The number of fused-ring (bicyclic) bond motifs is 1. The molecule has 1 heterocycles. The topological polar surface area (TPSA) is 91.1 Å². The fraction of sp³-hybridized carbons (Fsp3) is 0.440. The number of hydrogen-bond donors (Lipinski definition) is 1. The highest BCUT2D eigenvalue weighted by Crippen LogP contribution is 2.40. The highest BCUT2D eigenvalue weighted by atomic mass is 32.1. The highest BCUT2D eigenvalue weighted by molar-refractivity contribution is 7.15. The average molecular weight is 464 g/mol. The van der Waals surface area contributed by atoms with E-state index in [0.717, 1.165) is 34.0 Å². The molecule has 0 spiro atoms. The van der Waals surface area contributed by atoms with Gasteiger partial charge in [-0.05, 0) is 50.3 Å². The van der Waals surface area contributed by atoms with Gasteiger partial charge in [0.15, 0.2) is 0 Å². The van der Waals surface area contributed by atoms with Crippen molar-refractivity contribution in [1.82, 2.24) is 20.4 Å². The van der Waals surface area contributed by atoms with E-state index in [1.807, 2.05) is 26.0 Å². The Balaban J connectivity index is 1.54. The number of aromatic nitrogens is 2. The second-order valence-electron chi connectivity index (χ2n) is 8.83. The molecule has 8 heteroatoms. The molecular weight excluding hydrogens is 434 g/mol. The molecule has 7 nitrogen and oxygen atoms in total. The van der Waals surface area contributed by atoms with E-state index in [2.05, 4.69) is 39.8 Å². The standard InChI is InChI=1S/C25H29N5O2S/c1-15(2)32-22-11-8-16(12-17(22)13-26)24-28-29-25(33-24)20-7-5-6-19-18(20)9-10-21(19)27-14-23(31)30(3)4/h5-8,12,15,21-22,27H,9-11,14H2,1-4H3/t21-,22?/m0/s1. The van der Waals surface area contributed by atoms with Crippen LogP contribution < -0.4 is 5.32 Å². The fourth-order valence-electron chi connectivity index (χ4n) is 4.28. The van der Waals surface area contributed by atoms with E-state index in [0.29, 0.717) is 18.5 Å². The van der Waals surface area contributed by atoms with Crippen molar-refractivity contribution in [3.05, 3.63) is 52.1 Å². The van der Waals surface area contributed by atoms with Crippen molar-refractivity contribution in [1.29, 1.82) is 5.26 Å². The minimum atomic E-state index is -0.202. The van der Waals surface area contributed by atoms with Gasteiger partial charge >= 0.3 is 0 Å². The van der Waals surface area contributed by atoms with Crippen LogP contribution >= 0.6 is 11.3 Å². The first-order valence-corrected chi connectivity index (χ1v) is 12.1. The van der Waals surface area contributed by atoms with Crippen LogP contribution in [-0.2, 0) is 16.0 Å². The van der Waals surface area contributed by atoms with Crippen LogP contribution in [0, 0.1) is 11.3 Å². The van der Waals surface area contributed by atoms with E-state index < -0.39 is 0 Å². The Kier molecular flexibility index (Phi) is 7.03. The van der Waals surface area contributed by atoms with Crippen LogP contribution in [-0.4, -0.2) is 53.9 Å². The molecule has 33 heavy (non-hydrogen) atoms. The molecular formula is C25H29N5O2S. The van der Waals surface area contributed by atoms with Gasteiger partial charge in [0.2, 0.25) is 5.91 Å². The van der Waals surface area contributed by atoms with E-state index in [1.54, 1.807) is 30.3 Å². The molecule has 0 radical (unpaired) electrons. The van der Waals surface area contributed by atoms with Crippen molar-refractivity contribution in [2.24, 2.45) is 0 Å². The lowest BCUT2D eigenvalue weighted by molar-refractivity contribution is -0.127. The number of carbonyl (C=O) groups is 1. The largest absolute Gasteiger partial charge is 0.370 e. The number of ether oxygens (including phenoxy) is 1. The maximum Gasteiger partial charge on any atom is 0.236 e. The molecule has 2 aliphatic carbocycles. The third-order valence-corrected chi connectivity index (χ3v) is 6.95. The number of likely N-dealkylation sites (N-methyl/N-ethyl adjacent to an activating group) is 1. The van der Waals surface area contributed by atoms with E-state index in [4.69, 9.17) is 4.74 Å². The van der Waals surface area contributed by atoms with Gasteiger partial charge in [-0.2, -0.15) is 5.26 Å². The van der Waals surface area contributed by atoms with Crippen LogP contribution in [0.15, 0.2) is 35.9 Å². The monoisotopic (exact) mass is 463 g/mol. The summed E-state index contributed by atoms with van der Waals surface area (Å²) in [5.41, 5.74) is 5.15. The minimum Gasteiger partial charge on any atom is -0.370 e. The van der Waals surface area contributed by atoms with Crippen LogP contribution in [0.4, 0.5) is 0 Å². The number of nitriles is 1. The first-order chi connectivity index (χ1) is 15.9. The lowest BCUT2D eigenvalue weighted by Gasteiger charge is -2.21. The van der Waals surface area contributed by atoms with Crippen LogP contribution in [0.1, 0.15) is 48.9 Å². The second-order valence-corrected chi connectivity index (χ2v) is 9.80. The van der Waals surface area contributed by atoms with Crippen molar-refractivity contribution in [2.45, 2.75) is 51.4 Å². The number of hydrogen-bond acceptors (Lipinski definition) is 7. The second kappa shape index (κ2) is 9.96. The lowest BCUT2D eigenvalue weighted by Crippen LogP contribution is -2.34.